The van der Waals surface area contributed by atoms with Crippen molar-refractivity contribution in [2.75, 3.05) is 13.1 Å². The normalized spacial score (nSPS) is 16.0. The summed E-state index contributed by atoms with van der Waals surface area (Å²) in [7, 11) is 0. The van der Waals surface area contributed by atoms with E-state index in [1.807, 2.05) is 4.90 Å². The quantitative estimate of drug-likeness (QED) is 0.875. The second-order valence-electron chi connectivity index (χ2n) is 5.95. The van der Waals surface area contributed by atoms with E-state index >= 15 is 0 Å². The van der Waals surface area contributed by atoms with Crippen LogP contribution in [0.15, 0.2) is 30.5 Å². The Morgan fingerprint density at radius 2 is 1.78 bits per heavy atom. The maximum atomic E-state index is 13.7. The lowest BCUT2D eigenvalue weighted by Crippen LogP contribution is -2.34. The van der Waals surface area contributed by atoms with Crippen molar-refractivity contribution in [3.63, 3.8) is 0 Å². The van der Waals surface area contributed by atoms with E-state index in [-0.39, 0.29) is 18.3 Å². The highest BCUT2D eigenvalue weighted by Crippen LogP contribution is 2.13. The Kier molecular flexibility index (Phi) is 5.00. The Balaban J connectivity index is 1.68. The third-order valence-corrected chi connectivity index (χ3v) is 4.19. The van der Waals surface area contributed by atoms with Crippen LogP contribution in [0.25, 0.3) is 0 Å². The molecule has 0 saturated carbocycles. The van der Waals surface area contributed by atoms with Gasteiger partial charge < -0.3 is 4.90 Å². The summed E-state index contributed by atoms with van der Waals surface area (Å²) < 4.78 is 15.2. The molecule has 1 amide bonds. The predicted octanol–water partition coefficient (Wildman–Crippen LogP) is 2.87. The average molecular weight is 316 g/mol. The van der Waals surface area contributed by atoms with Crippen LogP contribution in [-0.4, -0.2) is 38.9 Å². The highest BCUT2D eigenvalue weighted by Gasteiger charge is 2.19. The first-order valence-corrected chi connectivity index (χ1v) is 8.17. The summed E-state index contributed by atoms with van der Waals surface area (Å²) in [5.74, 6) is -0.355. The first-order chi connectivity index (χ1) is 11.2. The van der Waals surface area contributed by atoms with Crippen molar-refractivity contribution < 1.29 is 9.18 Å². The van der Waals surface area contributed by atoms with Gasteiger partial charge in [0.25, 0.3) is 5.91 Å². The smallest absolute Gasteiger partial charge is 0.276 e. The number of amides is 1. The molecule has 0 aliphatic carbocycles. The van der Waals surface area contributed by atoms with Crippen LogP contribution in [0.1, 0.15) is 48.2 Å². The number of carbonyl (C=O) groups is 1. The van der Waals surface area contributed by atoms with Crippen LogP contribution in [0.5, 0.6) is 0 Å². The Morgan fingerprint density at radius 3 is 2.52 bits per heavy atom. The van der Waals surface area contributed by atoms with Crippen molar-refractivity contribution in [2.24, 2.45) is 0 Å². The Labute approximate surface area is 135 Å². The van der Waals surface area contributed by atoms with Gasteiger partial charge in [0.1, 0.15) is 5.82 Å². The zero-order valence-electron chi connectivity index (χ0n) is 13.1. The highest BCUT2D eigenvalue weighted by molar-refractivity contribution is 5.91. The second-order valence-corrected chi connectivity index (χ2v) is 5.95. The lowest BCUT2D eigenvalue weighted by atomic mass is 10.1. The minimum atomic E-state index is -0.278. The molecular weight excluding hydrogens is 295 g/mol. The van der Waals surface area contributed by atoms with Gasteiger partial charge >= 0.3 is 0 Å². The minimum Gasteiger partial charge on any atom is -0.337 e. The van der Waals surface area contributed by atoms with Gasteiger partial charge in [-0.1, -0.05) is 42.7 Å². The van der Waals surface area contributed by atoms with Gasteiger partial charge in [0.15, 0.2) is 5.69 Å². The fraction of sp³-hybridized carbons (Fsp3) is 0.471. The molecule has 0 radical (unpaired) electrons. The van der Waals surface area contributed by atoms with Gasteiger partial charge in [-0.05, 0) is 18.9 Å². The largest absolute Gasteiger partial charge is 0.337 e. The molecule has 0 atom stereocenters. The molecule has 1 aromatic carbocycles. The molecule has 3 rings (SSSR count). The molecule has 0 bridgehead atoms. The molecular formula is C17H21FN4O. The van der Waals surface area contributed by atoms with Gasteiger partial charge in [-0.15, -0.1) is 5.10 Å². The molecule has 1 saturated heterocycles. The van der Waals surface area contributed by atoms with Crippen LogP contribution < -0.4 is 0 Å². The Bertz CT molecular complexity index is 662. The summed E-state index contributed by atoms with van der Waals surface area (Å²) in [5.41, 5.74) is 0.865. The summed E-state index contributed by atoms with van der Waals surface area (Å²) in [5, 5.41) is 7.93. The van der Waals surface area contributed by atoms with Gasteiger partial charge in [0.05, 0.1) is 12.7 Å². The van der Waals surface area contributed by atoms with Crippen molar-refractivity contribution in [2.45, 2.75) is 38.6 Å². The third-order valence-electron chi connectivity index (χ3n) is 4.19. The zero-order valence-corrected chi connectivity index (χ0v) is 13.1. The molecule has 6 heteroatoms. The number of likely N-dealkylation sites (tertiary alicyclic amines) is 1. The molecule has 1 fully saturated rings. The number of hydrogen-bond donors (Lipinski definition) is 0. The van der Waals surface area contributed by atoms with E-state index in [1.165, 1.54) is 30.0 Å². The second kappa shape index (κ2) is 7.35. The van der Waals surface area contributed by atoms with Gasteiger partial charge in [0, 0.05) is 18.7 Å². The first-order valence-electron chi connectivity index (χ1n) is 8.17. The van der Waals surface area contributed by atoms with Crippen molar-refractivity contribution in [1.82, 2.24) is 19.9 Å². The standard InChI is InChI=1S/C17H21FN4O/c18-15-9-5-4-8-14(15)12-22-13-16(19-20-22)17(23)21-10-6-2-1-3-7-11-21/h4-5,8-9,13H,1-3,6-7,10-12H2. The molecule has 0 N–H and O–H groups in total. The van der Waals surface area contributed by atoms with E-state index in [1.54, 1.807) is 24.4 Å². The number of hydrogen-bond acceptors (Lipinski definition) is 3. The molecule has 1 aliphatic heterocycles. The molecule has 1 aliphatic rings. The number of carbonyl (C=O) groups excluding carboxylic acids is 1. The average Bonchev–Trinajstić information content (AvgIpc) is 2.97. The van der Waals surface area contributed by atoms with Crippen LogP contribution in [0.4, 0.5) is 4.39 Å². The molecule has 122 valence electrons. The number of halogens is 1. The predicted molar refractivity (Wildman–Crippen MR) is 84.5 cm³/mol. The Hall–Kier alpha value is -2.24. The summed E-state index contributed by atoms with van der Waals surface area (Å²) in [4.78, 5) is 14.4. The van der Waals surface area contributed by atoms with E-state index in [4.69, 9.17) is 0 Å². The number of aromatic nitrogens is 3. The highest BCUT2D eigenvalue weighted by atomic mass is 19.1. The van der Waals surface area contributed by atoms with E-state index in [9.17, 15) is 9.18 Å². The van der Waals surface area contributed by atoms with E-state index < -0.39 is 0 Å². The summed E-state index contributed by atoms with van der Waals surface area (Å²) in [6, 6.07) is 6.55. The van der Waals surface area contributed by atoms with Crippen LogP contribution in [0.3, 0.4) is 0 Å². The fourth-order valence-electron chi connectivity index (χ4n) is 2.89. The van der Waals surface area contributed by atoms with E-state index in [0.29, 0.717) is 11.3 Å². The first kappa shape index (κ1) is 15.6. The Morgan fingerprint density at radius 1 is 1.09 bits per heavy atom. The van der Waals surface area contributed by atoms with Crippen LogP contribution >= 0.6 is 0 Å². The van der Waals surface area contributed by atoms with E-state index in [2.05, 4.69) is 10.3 Å². The van der Waals surface area contributed by atoms with Crippen molar-refractivity contribution in [3.05, 3.63) is 47.5 Å². The van der Waals surface area contributed by atoms with Crippen molar-refractivity contribution >= 4 is 5.91 Å². The molecule has 2 heterocycles. The topological polar surface area (TPSA) is 51.0 Å². The number of rotatable bonds is 3. The van der Waals surface area contributed by atoms with Crippen molar-refractivity contribution in [1.29, 1.82) is 0 Å². The lowest BCUT2D eigenvalue weighted by Gasteiger charge is -2.23. The lowest BCUT2D eigenvalue weighted by molar-refractivity contribution is 0.0736. The molecule has 1 aromatic heterocycles. The number of nitrogens with zero attached hydrogens (tertiary/aromatic N) is 4. The monoisotopic (exact) mass is 316 g/mol. The molecule has 23 heavy (non-hydrogen) atoms. The maximum absolute atomic E-state index is 13.7. The van der Waals surface area contributed by atoms with Crippen LogP contribution in [-0.2, 0) is 6.54 Å². The zero-order chi connectivity index (χ0) is 16.1. The summed E-state index contributed by atoms with van der Waals surface area (Å²) in [6.07, 6.45) is 7.27. The van der Waals surface area contributed by atoms with Crippen LogP contribution in [0.2, 0.25) is 0 Å². The van der Waals surface area contributed by atoms with Gasteiger partial charge in [0.2, 0.25) is 0 Å². The maximum Gasteiger partial charge on any atom is 0.276 e. The van der Waals surface area contributed by atoms with Crippen LogP contribution in [0, 0.1) is 5.82 Å². The third kappa shape index (κ3) is 3.94. The minimum absolute atomic E-state index is 0.0771. The molecule has 0 spiro atoms. The fourth-order valence-corrected chi connectivity index (χ4v) is 2.89. The molecule has 2 aromatic rings. The van der Waals surface area contributed by atoms with Gasteiger partial charge in [-0.25, -0.2) is 9.07 Å². The summed E-state index contributed by atoms with van der Waals surface area (Å²) in [6.45, 7) is 1.82. The number of benzene rings is 1. The van der Waals surface area contributed by atoms with Crippen molar-refractivity contribution in [3.8, 4) is 0 Å². The molecule has 0 unspecified atom stereocenters. The summed E-state index contributed by atoms with van der Waals surface area (Å²) >= 11 is 0. The van der Waals surface area contributed by atoms with Gasteiger partial charge in [-0.2, -0.15) is 0 Å². The SMILES string of the molecule is O=C(c1cn(Cc2ccccc2F)nn1)N1CCCCCCC1. The molecule has 5 nitrogen and oxygen atoms in total. The van der Waals surface area contributed by atoms with E-state index in [0.717, 1.165) is 25.9 Å². The van der Waals surface area contributed by atoms with Gasteiger partial charge in [-0.3, -0.25) is 4.79 Å².